The van der Waals surface area contributed by atoms with Gasteiger partial charge in [-0.3, -0.25) is 38.1 Å². The van der Waals surface area contributed by atoms with Crippen LogP contribution in [0.3, 0.4) is 0 Å². The number of aromatic nitrogens is 6. The summed E-state index contributed by atoms with van der Waals surface area (Å²) >= 11 is 6.63. The van der Waals surface area contributed by atoms with Crippen molar-refractivity contribution in [3.63, 3.8) is 0 Å². The van der Waals surface area contributed by atoms with Gasteiger partial charge in [0.1, 0.15) is 69.5 Å². The van der Waals surface area contributed by atoms with E-state index < -0.39 is 138 Å². The van der Waals surface area contributed by atoms with Crippen molar-refractivity contribution in [1.29, 1.82) is 0 Å². The first kappa shape index (κ1) is 98.5. The smallest absolute Gasteiger partial charge is 0.341 e. The van der Waals surface area contributed by atoms with Crippen molar-refractivity contribution in [3.8, 4) is 11.4 Å². The van der Waals surface area contributed by atoms with Crippen LogP contribution in [0.1, 0.15) is 146 Å². The van der Waals surface area contributed by atoms with Crippen LogP contribution < -0.4 is 73.7 Å². The Morgan fingerprint density at radius 1 is 0.532 bits per heavy atom. The molecule has 0 amide bonds. The number of pyridine rings is 6. The van der Waals surface area contributed by atoms with Gasteiger partial charge >= 0.3 is 11.9 Å². The van der Waals surface area contributed by atoms with Crippen LogP contribution in [0.15, 0.2) is 134 Å². The van der Waals surface area contributed by atoms with E-state index in [9.17, 15) is 93.6 Å². The fraction of sp³-hybridized carbons (Fsp3) is 0.374. The van der Waals surface area contributed by atoms with Crippen LogP contribution in [-0.2, 0) is 6.54 Å². The number of nitrogens with one attached hydrogen (secondary N) is 2. The third-order valence-corrected chi connectivity index (χ3v) is 27.3. The lowest BCUT2D eigenvalue weighted by atomic mass is 10.0. The number of rotatable bonds is 15. The highest BCUT2D eigenvalue weighted by Crippen LogP contribution is 2.55. The number of fused-ring (bicyclic) bond motifs is 5. The summed E-state index contributed by atoms with van der Waals surface area (Å²) in [5, 5.41) is 34.5. The molecule has 20 rings (SSSR count). The number of carbonyl (C=O) groups excluding carboxylic acids is 2. The summed E-state index contributed by atoms with van der Waals surface area (Å²) in [5.41, 5.74) is 8.31. The van der Waals surface area contributed by atoms with Gasteiger partial charge in [-0.2, -0.15) is 0 Å². The topological polar surface area (TPSA) is 347 Å². The summed E-state index contributed by atoms with van der Waals surface area (Å²) in [4.78, 5) is 126. The lowest BCUT2D eigenvalue weighted by Crippen LogP contribution is -2.54. The van der Waals surface area contributed by atoms with Gasteiger partial charge in [-0.05, 0) is 147 Å². The summed E-state index contributed by atoms with van der Waals surface area (Å²) in [6, 6.07) is 12.6. The number of carboxylic acids is 2. The molecule has 28 nitrogen and oxygen atoms in total. The second kappa shape index (κ2) is 38.7. The number of carboxylic acid groups (broad SMARTS) is 2. The Morgan fingerprint density at radius 3 is 1.60 bits per heavy atom. The van der Waals surface area contributed by atoms with Crippen LogP contribution in [0, 0.1) is 69.5 Å². The first-order valence-electron chi connectivity index (χ1n) is 45.4. The van der Waals surface area contributed by atoms with E-state index in [0.717, 1.165) is 122 Å². The number of piperazine rings is 3. The Kier molecular flexibility index (Phi) is 27.4. The minimum absolute atomic E-state index is 0.000551. The molecule has 9 N–H and O–H groups in total. The fourth-order valence-corrected chi connectivity index (χ4v) is 19.7. The maximum atomic E-state index is 15.7. The molecule has 5 aliphatic heterocycles. The van der Waals surface area contributed by atoms with Crippen LogP contribution in [0.4, 0.5) is 82.5 Å². The summed E-state index contributed by atoms with van der Waals surface area (Å²) in [7, 11) is 2.05. The predicted molar refractivity (Wildman–Crippen MR) is 510 cm³/mol. The number of aryl methyl sites for hydroxylation is 1. The minimum atomic E-state index is -1.55. The van der Waals surface area contributed by atoms with Gasteiger partial charge in [-0.1, -0.05) is 25.1 Å². The number of nitrogen functional groups attached to an aromatic ring is 1. The molecule has 40 heteroatoms. The molecule has 3 aliphatic carbocycles. The Morgan fingerprint density at radius 2 is 1.06 bits per heavy atom. The summed E-state index contributed by atoms with van der Waals surface area (Å²) in [6.07, 6.45) is 9.92. The van der Waals surface area contributed by atoms with E-state index in [-0.39, 0.29) is 153 Å². The molecule has 5 saturated heterocycles. The molecule has 139 heavy (non-hydrogen) atoms. The van der Waals surface area contributed by atoms with Crippen molar-refractivity contribution in [2.75, 3.05) is 122 Å². The summed E-state index contributed by atoms with van der Waals surface area (Å²) < 4.78 is 167. The third kappa shape index (κ3) is 19.1. The molecule has 8 aliphatic rings. The molecule has 8 fully saturated rings. The standard InChI is InChI=1S/C21H18F3N3O3.C20H20ClF2N3O2.C20H16F3N3O3.C20H24F2N4O2.C18H22FN3O2/c1-11-9-26(5-4-25-11)19-8-18-13(7-16(19)24)20(28)14(21(29)30)10-27(18)17-3-2-12(22)6-15(17)23;1-9(27)11-6-26(14-5-12(14)22)17-10(19(11)28)4-13(23)18(16(17)21)25-7-15(24)20(8-25)2-3-20;1-10-4-5-25(8-10)19-15(23)7-12-17(27)13(20(28)29)9-26(18(12)24-19)16-3-2-11(21)6-14(16)22;1-9-6-25(7-10(2)24-9)19-15(21)17(23)14-18(16(19)22)26(12-4-5-12)8-13(11(3)27)20(14)28;1-4-21-11-14(12(2)23)18(24)13-9-15(19)17(10-16(13)21)22-7-5-20(3)6-8-22/h2-3,6-8,10-11,25H,4-5,9H2,1H3,(H,29,30);4,6,12,14-15H,2-3,5,7-8,24H2,1H3;2-3,6-7,9-10H,4-5,8H2,1H3,(H,28,29);8-10,12,24H,4-7,23H2,1-3H3;9-11,23H,2,4-8H2,1,3H3/t;12-,14?,15+;;9-,10+;/m.0.../s1. The predicted octanol–water partition coefficient (Wildman–Crippen LogP) is 14.5. The second-order valence-corrected chi connectivity index (χ2v) is 37.5. The molecular formula is C99H100ClF11N16O12. The average Bonchev–Trinajstić information content (AvgIpc) is 1.69. The van der Waals surface area contributed by atoms with E-state index in [2.05, 4.69) is 27.1 Å². The number of aromatic carboxylic acids is 2. The third-order valence-electron chi connectivity index (χ3n) is 26.9. The number of benzene rings is 6. The molecule has 1 spiro atoms. The number of likely N-dealkylation sites (N-methyl/N-ethyl adjacent to an activating group) is 1. The Bertz CT molecular complexity index is 7420. The summed E-state index contributed by atoms with van der Waals surface area (Å²) in [6.45, 7) is 24.3. The Hall–Kier alpha value is -13.5. The first-order chi connectivity index (χ1) is 65.9. The van der Waals surface area contributed by atoms with Crippen LogP contribution >= 0.6 is 11.6 Å². The quantitative estimate of drug-likeness (QED) is 0.0217. The largest absolute Gasteiger partial charge is 0.508 e. The van der Waals surface area contributed by atoms with Gasteiger partial charge in [0.2, 0.25) is 16.3 Å². The molecule has 0 radical (unpaired) electrons. The number of aliphatic hydroxyl groups excluding tert-OH is 1. The fourth-order valence-electron chi connectivity index (χ4n) is 19.2. The number of halogens is 12. The van der Waals surface area contributed by atoms with Crippen molar-refractivity contribution in [3.05, 3.63) is 252 Å². The SMILES string of the molecule is C=C(O)c1cn(CC)c2cc(N3CCN(C)CC3)c(F)cc2c1=O.CC(=O)c1cn(C2CC2)c2c(F)c(N3C[C@@H](C)N[C@@H](C)C3)c(F)c(N)c2c1=O.CC(=O)c1cn(C2C[C@@H]2F)c2c(Cl)c(N3C[C@@H](N)C4(CC4)C3)c(F)cc2c1=O.CC1CCN(c2nc3c(cc2F)c(=O)c(C(=O)O)cn3-c2ccc(F)cc2F)C1.CC1CN(c2cc3c(cc2F)c(=O)c(C(=O)O)cn3-c2ccc(F)cc2F)CCN1. The van der Waals surface area contributed by atoms with Crippen LogP contribution in [0.2, 0.25) is 5.02 Å². The highest BCUT2D eigenvalue weighted by molar-refractivity contribution is 6.38. The molecule has 11 heterocycles. The van der Waals surface area contributed by atoms with Gasteiger partial charge < -0.3 is 85.1 Å². The molecule has 732 valence electrons. The lowest BCUT2D eigenvalue weighted by Gasteiger charge is -2.38. The van der Waals surface area contributed by atoms with E-state index in [0.29, 0.717) is 94.7 Å². The zero-order chi connectivity index (χ0) is 100. The van der Waals surface area contributed by atoms with E-state index in [1.54, 1.807) is 31.5 Å². The van der Waals surface area contributed by atoms with E-state index in [1.807, 2.05) is 56.0 Å². The second-order valence-electron chi connectivity index (χ2n) is 37.1. The van der Waals surface area contributed by atoms with Crippen LogP contribution in [0.5, 0.6) is 0 Å². The zero-order valence-electron chi connectivity index (χ0n) is 76.9. The monoisotopic (exact) mass is 1950 g/mol. The van der Waals surface area contributed by atoms with Crippen molar-refractivity contribution >= 4 is 130 Å². The number of hydrogen-bond acceptors (Lipinski definition) is 21. The normalized spacial score (nSPS) is 19.9. The number of ketones is 2. The van der Waals surface area contributed by atoms with Crippen molar-refractivity contribution in [1.82, 2.24) is 43.4 Å². The van der Waals surface area contributed by atoms with Gasteiger partial charge in [0, 0.05) is 188 Å². The van der Waals surface area contributed by atoms with Gasteiger partial charge in [0.05, 0.1) is 100 Å². The molecule has 12 aromatic rings. The Labute approximate surface area is 791 Å². The molecule has 3 unspecified atom stereocenters. The molecule has 6 aromatic carbocycles. The number of aliphatic hydroxyl groups is 1. The zero-order valence-corrected chi connectivity index (χ0v) is 77.6. The van der Waals surface area contributed by atoms with Crippen LogP contribution in [-0.4, -0.2) is 194 Å². The number of carbonyl (C=O) groups is 4. The molecular weight excluding hydrogens is 1850 g/mol. The highest BCUT2D eigenvalue weighted by atomic mass is 35.5. The number of nitrogens with two attached hydrogens (primary N) is 2. The molecule has 3 saturated carbocycles. The number of anilines is 6. The van der Waals surface area contributed by atoms with E-state index >= 15 is 13.2 Å². The van der Waals surface area contributed by atoms with Gasteiger partial charge in [0.25, 0.3) is 0 Å². The maximum absolute atomic E-state index is 15.7. The van der Waals surface area contributed by atoms with Gasteiger partial charge in [0.15, 0.2) is 51.3 Å². The van der Waals surface area contributed by atoms with Gasteiger partial charge in [-0.15, -0.1) is 0 Å². The molecule has 6 aromatic heterocycles. The van der Waals surface area contributed by atoms with E-state index in [4.69, 9.17) is 23.1 Å². The first-order valence-corrected chi connectivity index (χ1v) is 45.8. The summed E-state index contributed by atoms with van der Waals surface area (Å²) in [5.74, 6) is -11.7. The average molecular weight is 1950 g/mol. The van der Waals surface area contributed by atoms with E-state index in [1.165, 1.54) is 42.9 Å². The van der Waals surface area contributed by atoms with Crippen LogP contribution in [0.25, 0.3) is 71.8 Å². The number of Topliss-reactive ketones (excluding diaryl/α,β-unsaturated/α-hetero) is 2. The van der Waals surface area contributed by atoms with Crippen molar-refractivity contribution < 1.29 is 82.8 Å². The Balaban J connectivity index is 0.000000126. The highest BCUT2D eigenvalue weighted by Gasteiger charge is 2.54. The van der Waals surface area contributed by atoms with Gasteiger partial charge in [-0.25, -0.2) is 62.9 Å². The van der Waals surface area contributed by atoms with Crippen molar-refractivity contribution in [2.24, 2.45) is 17.1 Å². The lowest BCUT2D eigenvalue weighted by molar-refractivity contribution is 0.0684. The van der Waals surface area contributed by atoms with Crippen molar-refractivity contribution in [2.45, 2.75) is 136 Å². The number of nitrogens with zero attached hydrogens (tertiary/aromatic N) is 12. The molecule has 0 bridgehead atoms. The minimum Gasteiger partial charge on any atom is -0.508 e. The molecule has 7 atom stereocenters. The maximum Gasteiger partial charge on any atom is 0.341 e. The number of alkyl halides is 1. The number of hydrogen-bond donors (Lipinski definition) is 7.